The minimum absolute atomic E-state index is 0. The lowest BCUT2D eigenvalue weighted by Crippen LogP contribution is -2.11. The van der Waals surface area contributed by atoms with Crippen LogP contribution in [0.5, 0.6) is 0 Å². The number of rotatable bonds is 1. The van der Waals surface area contributed by atoms with Crippen LogP contribution in [0.2, 0.25) is 0 Å². The standard InChI is InChI=1S/C4H8O3P.C2H8N2.Al.3H/c5-8-6-3-1-2-4-7-8;3-1-2-4;;;;/h1-4H2;1-4H2;;;;/q+1;;;;;. The van der Waals surface area contributed by atoms with Crippen LogP contribution in [0.3, 0.4) is 0 Å². The zero-order chi connectivity index (χ0) is 9.23. The molecule has 0 spiro atoms. The van der Waals surface area contributed by atoms with E-state index in [1.54, 1.807) is 0 Å². The third-order valence-corrected chi connectivity index (χ3v) is 1.89. The summed E-state index contributed by atoms with van der Waals surface area (Å²) in [5, 5.41) is 0. The average molecular weight is 225 g/mol. The maximum Gasteiger partial charge on any atom is 0.697 e. The van der Waals surface area contributed by atoms with Crippen molar-refractivity contribution in [1.82, 2.24) is 0 Å². The van der Waals surface area contributed by atoms with E-state index in [4.69, 9.17) is 11.5 Å². The summed E-state index contributed by atoms with van der Waals surface area (Å²) in [6.45, 7) is 2.35. The molecule has 1 heterocycles. The van der Waals surface area contributed by atoms with Gasteiger partial charge < -0.3 is 11.5 Å². The molecule has 1 fully saturated rings. The van der Waals surface area contributed by atoms with E-state index in [0.29, 0.717) is 26.3 Å². The summed E-state index contributed by atoms with van der Waals surface area (Å²) in [6.07, 6.45) is 1.92. The molecule has 1 rings (SSSR count). The van der Waals surface area contributed by atoms with Crippen molar-refractivity contribution in [2.24, 2.45) is 11.5 Å². The van der Waals surface area contributed by atoms with E-state index in [1.165, 1.54) is 0 Å². The highest BCUT2D eigenvalue weighted by Crippen LogP contribution is 2.26. The van der Waals surface area contributed by atoms with Crippen LogP contribution in [0.1, 0.15) is 12.8 Å². The van der Waals surface area contributed by atoms with Gasteiger partial charge >= 0.3 is 8.25 Å². The van der Waals surface area contributed by atoms with Gasteiger partial charge in [-0.05, 0) is 12.8 Å². The highest BCUT2D eigenvalue weighted by atomic mass is 31.1. The average Bonchev–Trinajstić information content (AvgIpc) is 2.33. The zero-order valence-corrected chi connectivity index (χ0v) is 7.96. The topological polar surface area (TPSA) is 87.6 Å². The second-order valence-electron chi connectivity index (χ2n) is 2.17. The van der Waals surface area contributed by atoms with E-state index in [0.717, 1.165) is 12.8 Å². The minimum Gasteiger partial charge on any atom is -0.329 e. The third kappa shape index (κ3) is 12.5. The molecule has 1 aliphatic heterocycles. The van der Waals surface area contributed by atoms with Gasteiger partial charge in [0.25, 0.3) is 0 Å². The molecule has 0 aromatic rings. The van der Waals surface area contributed by atoms with Gasteiger partial charge in [0.05, 0.1) is 0 Å². The van der Waals surface area contributed by atoms with E-state index >= 15 is 0 Å². The Balaban J connectivity index is 0. The number of nitrogens with two attached hydrogens (primary N) is 2. The third-order valence-electron chi connectivity index (χ3n) is 1.10. The van der Waals surface area contributed by atoms with Crippen LogP contribution >= 0.6 is 8.25 Å². The summed E-state index contributed by atoms with van der Waals surface area (Å²) in [4.78, 5) is 0. The molecular weight excluding hydrogens is 206 g/mol. The lowest BCUT2D eigenvalue weighted by Gasteiger charge is -1.79. The summed E-state index contributed by atoms with van der Waals surface area (Å²) >= 11 is 0. The molecule has 4 N–H and O–H groups in total. The molecule has 0 bridgehead atoms. The van der Waals surface area contributed by atoms with Gasteiger partial charge in [-0.25, -0.2) is 0 Å². The predicted molar refractivity (Wildman–Crippen MR) is 56.8 cm³/mol. The van der Waals surface area contributed by atoms with Crippen LogP contribution in [0.15, 0.2) is 0 Å². The van der Waals surface area contributed by atoms with Gasteiger partial charge in [-0.1, -0.05) is 0 Å². The molecule has 5 nitrogen and oxygen atoms in total. The molecule has 0 aromatic heterocycles. The second kappa shape index (κ2) is 12.5. The summed E-state index contributed by atoms with van der Waals surface area (Å²) in [5.41, 5.74) is 9.81. The summed E-state index contributed by atoms with van der Waals surface area (Å²) in [7, 11) is -1.77. The second-order valence-corrected chi connectivity index (χ2v) is 3.14. The number of hydrogen-bond donors (Lipinski definition) is 2. The van der Waals surface area contributed by atoms with Gasteiger partial charge in [0.2, 0.25) is 0 Å². The van der Waals surface area contributed by atoms with Crippen molar-refractivity contribution in [3.63, 3.8) is 0 Å². The molecule has 78 valence electrons. The fourth-order valence-corrected chi connectivity index (χ4v) is 1.15. The lowest BCUT2D eigenvalue weighted by molar-refractivity contribution is 0.263. The lowest BCUT2D eigenvalue weighted by atomic mass is 10.3. The molecule has 0 amide bonds. The van der Waals surface area contributed by atoms with E-state index < -0.39 is 8.25 Å². The minimum atomic E-state index is -1.77. The van der Waals surface area contributed by atoms with Crippen LogP contribution < -0.4 is 11.5 Å². The van der Waals surface area contributed by atoms with Crippen LogP contribution in [-0.4, -0.2) is 43.7 Å². The van der Waals surface area contributed by atoms with E-state index in [1.807, 2.05) is 0 Å². The predicted octanol–water partition coefficient (Wildman–Crippen LogP) is -0.809. The summed E-state index contributed by atoms with van der Waals surface area (Å²) in [5.74, 6) is 0. The zero-order valence-electron chi connectivity index (χ0n) is 7.07. The monoisotopic (exact) mass is 225 g/mol. The van der Waals surface area contributed by atoms with Crippen molar-refractivity contribution in [1.29, 1.82) is 0 Å². The Kier molecular flexibility index (Phi) is 15.3. The van der Waals surface area contributed by atoms with Crippen LogP contribution in [0.4, 0.5) is 0 Å². The van der Waals surface area contributed by atoms with Crippen molar-refractivity contribution in [2.75, 3.05) is 26.3 Å². The molecule has 0 radical (unpaired) electrons. The Morgan fingerprint density at radius 2 is 1.46 bits per heavy atom. The van der Waals surface area contributed by atoms with E-state index in [9.17, 15) is 4.57 Å². The first kappa shape index (κ1) is 15.9. The molecule has 0 aliphatic carbocycles. The van der Waals surface area contributed by atoms with E-state index in [-0.39, 0.29) is 17.4 Å². The highest BCUT2D eigenvalue weighted by Gasteiger charge is 2.21. The van der Waals surface area contributed by atoms with Crippen LogP contribution in [0.25, 0.3) is 0 Å². The Morgan fingerprint density at radius 1 is 1.08 bits per heavy atom. The van der Waals surface area contributed by atoms with Crippen molar-refractivity contribution < 1.29 is 13.6 Å². The molecule has 1 saturated heterocycles. The molecular formula is C6H19AlN2O3P+. The fourth-order valence-electron chi connectivity index (χ4n) is 0.520. The first-order valence-corrected chi connectivity index (χ1v) is 5.04. The molecule has 0 atom stereocenters. The van der Waals surface area contributed by atoms with Gasteiger partial charge in [0.15, 0.2) is 17.4 Å². The maximum atomic E-state index is 10.4. The Bertz CT molecular complexity index is 116. The summed E-state index contributed by atoms with van der Waals surface area (Å²) < 4.78 is 19.8. The SMILES string of the molecule is NCCN.O=[P+]1OCCCCO1.[AlH3]. The van der Waals surface area contributed by atoms with Crippen molar-refractivity contribution in [3.05, 3.63) is 0 Å². The van der Waals surface area contributed by atoms with E-state index in [2.05, 4.69) is 9.05 Å². The van der Waals surface area contributed by atoms with Gasteiger partial charge in [-0.3, -0.25) is 0 Å². The van der Waals surface area contributed by atoms with Gasteiger partial charge in [-0.15, -0.1) is 9.05 Å². The maximum absolute atomic E-state index is 10.4. The van der Waals surface area contributed by atoms with Crippen LogP contribution in [0, 0.1) is 0 Å². The van der Waals surface area contributed by atoms with Gasteiger partial charge in [0.1, 0.15) is 13.2 Å². The molecule has 1 aliphatic rings. The highest BCUT2D eigenvalue weighted by molar-refractivity contribution is 7.33. The first-order valence-electron chi connectivity index (χ1n) is 3.94. The molecule has 13 heavy (non-hydrogen) atoms. The largest absolute Gasteiger partial charge is 0.697 e. The fraction of sp³-hybridized carbons (Fsp3) is 1.00. The summed E-state index contributed by atoms with van der Waals surface area (Å²) in [6, 6.07) is 0. The van der Waals surface area contributed by atoms with Gasteiger partial charge in [-0.2, -0.15) is 0 Å². The van der Waals surface area contributed by atoms with Gasteiger partial charge in [0, 0.05) is 17.7 Å². The normalized spacial score (nSPS) is 16.3. The molecule has 7 heteroatoms. The first-order chi connectivity index (χ1) is 5.81. The Hall–Kier alpha value is 0.472. The molecule has 0 saturated carbocycles. The molecule has 0 unspecified atom stereocenters. The smallest absolute Gasteiger partial charge is 0.329 e. The Labute approximate surface area is 90.2 Å². The quantitative estimate of drug-likeness (QED) is 0.450. The molecule has 0 aromatic carbocycles. The number of hydrogen-bond acceptors (Lipinski definition) is 5. The Morgan fingerprint density at radius 3 is 1.77 bits per heavy atom. The van der Waals surface area contributed by atoms with Crippen molar-refractivity contribution >= 4 is 25.6 Å². The van der Waals surface area contributed by atoms with Crippen LogP contribution in [-0.2, 0) is 13.6 Å². The van der Waals surface area contributed by atoms with Crippen molar-refractivity contribution in [3.8, 4) is 0 Å². The van der Waals surface area contributed by atoms with Crippen molar-refractivity contribution in [2.45, 2.75) is 12.8 Å².